The Morgan fingerprint density at radius 1 is 1.41 bits per heavy atom. The lowest BCUT2D eigenvalue weighted by molar-refractivity contribution is 0.332. The monoisotopic (exact) mass is 231 g/mol. The molecule has 0 radical (unpaired) electrons. The summed E-state index contributed by atoms with van der Waals surface area (Å²) in [5.74, 6) is 1.77. The van der Waals surface area contributed by atoms with E-state index >= 15 is 0 Å². The summed E-state index contributed by atoms with van der Waals surface area (Å²) in [5.41, 5.74) is 1.21. The number of anilines is 1. The van der Waals surface area contributed by atoms with Crippen LogP contribution in [0, 0.1) is 6.92 Å². The molecule has 0 unspecified atom stereocenters. The lowest BCUT2D eigenvalue weighted by atomic mass is 10.2. The van der Waals surface area contributed by atoms with Crippen LogP contribution in [0.15, 0.2) is 36.7 Å². The van der Waals surface area contributed by atoms with Gasteiger partial charge in [0.1, 0.15) is 12.4 Å². The smallest absolute Gasteiger partial charge is 0.202 e. The van der Waals surface area contributed by atoms with Crippen LogP contribution < -0.4 is 10.1 Å². The molecule has 0 saturated carbocycles. The van der Waals surface area contributed by atoms with E-state index in [9.17, 15) is 0 Å². The summed E-state index contributed by atoms with van der Waals surface area (Å²) in [6.07, 6.45) is 3.67. The molecule has 1 aromatic carbocycles. The van der Waals surface area contributed by atoms with Crippen molar-refractivity contribution in [1.82, 2.24) is 9.55 Å². The number of nitrogens with one attached hydrogen (secondary N) is 1. The van der Waals surface area contributed by atoms with Crippen molar-refractivity contribution >= 4 is 5.95 Å². The highest BCUT2D eigenvalue weighted by molar-refractivity contribution is 5.28. The van der Waals surface area contributed by atoms with Crippen LogP contribution in [-0.2, 0) is 7.05 Å². The van der Waals surface area contributed by atoms with Gasteiger partial charge in [0.05, 0.1) is 6.54 Å². The van der Waals surface area contributed by atoms with Gasteiger partial charge in [-0.3, -0.25) is 0 Å². The third-order valence-corrected chi connectivity index (χ3v) is 2.46. The minimum Gasteiger partial charge on any atom is -0.492 e. The number of benzene rings is 1. The number of ether oxygens (including phenoxy) is 1. The molecule has 4 heteroatoms. The van der Waals surface area contributed by atoms with Gasteiger partial charge in [-0.05, 0) is 24.6 Å². The highest BCUT2D eigenvalue weighted by Crippen LogP contribution is 2.11. The van der Waals surface area contributed by atoms with Crippen LogP contribution in [0.5, 0.6) is 5.75 Å². The largest absolute Gasteiger partial charge is 0.492 e. The van der Waals surface area contributed by atoms with Gasteiger partial charge in [-0.15, -0.1) is 0 Å². The van der Waals surface area contributed by atoms with E-state index in [1.165, 1.54) is 5.56 Å². The van der Waals surface area contributed by atoms with Crippen molar-refractivity contribution in [1.29, 1.82) is 0 Å². The van der Waals surface area contributed by atoms with Crippen molar-refractivity contribution in [3.63, 3.8) is 0 Å². The van der Waals surface area contributed by atoms with Gasteiger partial charge in [0.15, 0.2) is 0 Å². The third-order valence-electron chi connectivity index (χ3n) is 2.46. The Bertz CT molecular complexity index is 479. The molecule has 0 atom stereocenters. The fourth-order valence-electron chi connectivity index (χ4n) is 1.57. The minimum absolute atomic E-state index is 0.621. The Labute approximate surface area is 101 Å². The Morgan fingerprint density at radius 2 is 2.29 bits per heavy atom. The molecule has 1 heterocycles. The van der Waals surface area contributed by atoms with Crippen LogP contribution in [0.1, 0.15) is 5.56 Å². The zero-order chi connectivity index (χ0) is 12.1. The summed E-state index contributed by atoms with van der Waals surface area (Å²) < 4.78 is 7.56. The molecule has 2 aromatic rings. The quantitative estimate of drug-likeness (QED) is 0.802. The van der Waals surface area contributed by atoms with Gasteiger partial charge < -0.3 is 14.6 Å². The van der Waals surface area contributed by atoms with E-state index in [0.717, 1.165) is 18.2 Å². The molecule has 0 aliphatic carbocycles. The molecule has 0 fully saturated rings. The predicted molar refractivity (Wildman–Crippen MR) is 68.4 cm³/mol. The lowest BCUT2D eigenvalue weighted by Gasteiger charge is -2.08. The van der Waals surface area contributed by atoms with Crippen molar-refractivity contribution < 1.29 is 4.74 Å². The molecule has 2 rings (SSSR count). The molecular weight excluding hydrogens is 214 g/mol. The van der Waals surface area contributed by atoms with Crippen molar-refractivity contribution in [2.24, 2.45) is 7.05 Å². The Balaban J connectivity index is 1.75. The molecule has 0 saturated heterocycles. The van der Waals surface area contributed by atoms with Crippen molar-refractivity contribution in [2.45, 2.75) is 6.92 Å². The maximum atomic E-state index is 5.63. The van der Waals surface area contributed by atoms with E-state index in [1.807, 2.05) is 36.0 Å². The highest BCUT2D eigenvalue weighted by Gasteiger charge is 1.97. The van der Waals surface area contributed by atoms with Gasteiger partial charge in [0, 0.05) is 19.4 Å². The summed E-state index contributed by atoms with van der Waals surface area (Å²) in [7, 11) is 1.96. The number of aromatic nitrogens is 2. The summed E-state index contributed by atoms with van der Waals surface area (Å²) in [6.45, 7) is 3.41. The molecule has 1 aromatic heterocycles. The highest BCUT2D eigenvalue weighted by atomic mass is 16.5. The van der Waals surface area contributed by atoms with E-state index in [0.29, 0.717) is 6.61 Å². The van der Waals surface area contributed by atoms with Crippen molar-refractivity contribution in [3.8, 4) is 5.75 Å². The number of rotatable bonds is 5. The van der Waals surface area contributed by atoms with E-state index in [4.69, 9.17) is 4.74 Å². The fraction of sp³-hybridized carbons (Fsp3) is 0.308. The summed E-state index contributed by atoms with van der Waals surface area (Å²) in [5, 5.41) is 3.20. The number of hydrogen-bond acceptors (Lipinski definition) is 3. The zero-order valence-electron chi connectivity index (χ0n) is 10.2. The predicted octanol–water partition coefficient (Wildman–Crippen LogP) is 2.22. The molecular formula is C13H17N3O. The molecule has 17 heavy (non-hydrogen) atoms. The maximum Gasteiger partial charge on any atom is 0.202 e. The number of aryl methyl sites for hydroxylation is 2. The van der Waals surface area contributed by atoms with E-state index in [-0.39, 0.29) is 0 Å². The number of hydrogen-bond donors (Lipinski definition) is 1. The van der Waals surface area contributed by atoms with E-state index in [1.54, 1.807) is 6.20 Å². The Kier molecular flexibility index (Phi) is 3.65. The van der Waals surface area contributed by atoms with Crippen molar-refractivity contribution in [2.75, 3.05) is 18.5 Å². The SMILES string of the molecule is Cc1cccc(OCCNc2nccn2C)c1. The first-order valence-electron chi connectivity index (χ1n) is 5.66. The van der Waals surface area contributed by atoms with Crippen LogP contribution >= 0.6 is 0 Å². The average Bonchev–Trinajstić information content (AvgIpc) is 2.71. The second-order valence-electron chi connectivity index (χ2n) is 3.95. The van der Waals surface area contributed by atoms with E-state index in [2.05, 4.69) is 23.3 Å². The minimum atomic E-state index is 0.621. The molecule has 90 valence electrons. The summed E-state index contributed by atoms with van der Waals surface area (Å²) in [4.78, 5) is 4.17. The first kappa shape index (κ1) is 11.5. The first-order valence-corrected chi connectivity index (χ1v) is 5.66. The van der Waals surface area contributed by atoms with Gasteiger partial charge in [0.2, 0.25) is 5.95 Å². The normalized spacial score (nSPS) is 10.2. The second-order valence-corrected chi connectivity index (χ2v) is 3.95. The third kappa shape index (κ3) is 3.24. The Morgan fingerprint density at radius 3 is 3.00 bits per heavy atom. The fourth-order valence-corrected chi connectivity index (χ4v) is 1.57. The van der Waals surface area contributed by atoms with Gasteiger partial charge >= 0.3 is 0 Å². The molecule has 0 amide bonds. The van der Waals surface area contributed by atoms with Crippen LogP contribution in [0.2, 0.25) is 0 Å². The van der Waals surface area contributed by atoms with Crippen molar-refractivity contribution in [3.05, 3.63) is 42.2 Å². The molecule has 0 bridgehead atoms. The summed E-state index contributed by atoms with van der Waals surface area (Å²) in [6, 6.07) is 8.05. The van der Waals surface area contributed by atoms with Gasteiger partial charge in [-0.25, -0.2) is 4.98 Å². The first-order chi connectivity index (χ1) is 8.25. The maximum absolute atomic E-state index is 5.63. The van der Waals surface area contributed by atoms with Gasteiger partial charge in [-0.1, -0.05) is 12.1 Å². The molecule has 4 nitrogen and oxygen atoms in total. The Hall–Kier alpha value is -1.97. The van der Waals surface area contributed by atoms with E-state index < -0.39 is 0 Å². The molecule has 0 aliphatic heterocycles. The number of nitrogens with zero attached hydrogens (tertiary/aromatic N) is 2. The molecule has 1 N–H and O–H groups in total. The average molecular weight is 231 g/mol. The molecule has 0 spiro atoms. The second kappa shape index (κ2) is 5.39. The van der Waals surface area contributed by atoms with Crippen LogP contribution in [0.4, 0.5) is 5.95 Å². The van der Waals surface area contributed by atoms with Gasteiger partial charge in [0.25, 0.3) is 0 Å². The standard InChI is InChI=1S/C13H17N3O/c1-11-4-3-5-12(10-11)17-9-7-15-13-14-6-8-16(13)2/h3-6,8,10H,7,9H2,1-2H3,(H,14,15). The van der Waals surface area contributed by atoms with Crippen LogP contribution in [-0.4, -0.2) is 22.7 Å². The lowest BCUT2D eigenvalue weighted by Crippen LogP contribution is -2.13. The topological polar surface area (TPSA) is 39.1 Å². The van der Waals surface area contributed by atoms with Gasteiger partial charge in [-0.2, -0.15) is 0 Å². The molecule has 0 aliphatic rings. The summed E-state index contributed by atoms with van der Waals surface area (Å²) >= 11 is 0. The number of imidazole rings is 1. The van der Waals surface area contributed by atoms with Crippen LogP contribution in [0.3, 0.4) is 0 Å². The van der Waals surface area contributed by atoms with Crippen LogP contribution in [0.25, 0.3) is 0 Å². The zero-order valence-corrected chi connectivity index (χ0v) is 10.2.